The Labute approximate surface area is 125 Å². The van der Waals surface area contributed by atoms with Crippen molar-refractivity contribution < 1.29 is 0 Å². The maximum atomic E-state index is 8.92. The molecule has 0 amide bonds. The van der Waals surface area contributed by atoms with Crippen LogP contribution in [0, 0.1) is 11.3 Å². The molecule has 0 fully saturated rings. The van der Waals surface area contributed by atoms with Gasteiger partial charge in [0, 0.05) is 12.1 Å². The van der Waals surface area contributed by atoms with Crippen LogP contribution in [0.4, 0.5) is 5.82 Å². The van der Waals surface area contributed by atoms with Gasteiger partial charge in [0.1, 0.15) is 5.82 Å². The van der Waals surface area contributed by atoms with E-state index >= 15 is 0 Å². The van der Waals surface area contributed by atoms with Gasteiger partial charge < -0.3 is 5.32 Å². The summed E-state index contributed by atoms with van der Waals surface area (Å²) < 4.78 is 2.01. The van der Waals surface area contributed by atoms with Gasteiger partial charge in [0.15, 0.2) is 0 Å². The van der Waals surface area contributed by atoms with Crippen molar-refractivity contribution in [2.45, 2.75) is 39.0 Å². The lowest BCUT2D eigenvalue weighted by Gasteiger charge is -2.09. The number of fused-ring (bicyclic) bond motifs is 1. The highest BCUT2D eigenvalue weighted by Crippen LogP contribution is 2.28. The Kier molecular flexibility index (Phi) is 3.92. The van der Waals surface area contributed by atoms with Crippen LogP contribution in [0.1, 0.15) is 43.0 Å². The Balaban J connectivity index is 2.06. The molecule has 4 nitrogen and oxygen atoms in total. The van der Waals surface area contributed by atoms with E-state index in [0.717, 1.165) is 37.3 Å². The maximum absolute atomic E-state index is 8.92. The van der Waals surface area contributed by atoms with Crippen LogP contribution < -0.4 is 5.32 Å². The molecular weight excluding hydrogens is 260 g/mol. The quantitative estimate of drug-likeness (QED) is 0.937. The van der Waals surface area contributed by atoms with Crippen molar-refractivity contribution >= 4 is 5.82 Å². The Morgan fingerprint density at radius 3 is 2.81 bits per heavy atom. The van der Waals surface area contributed by atoms with E-state index in [2.05, 4.69) is 18.3 Å². The lowest BCUT2D eigenvalue weighted by atomic mass is 10.1. The summed E-state index contributed by atoms with van der Waals surface area (Å²) in [6.45, 7) is 3.19. The summed E-state index contributed by atoms with van der Waals surface area (Å²) in [6.07, 6.45) is 5.65. The average molecular weight is 280 g/mol. The zero-order chi connectivity index (χ0) is 14.7. The molecule has 1 aromatic carbocycles. The first kappa shape index (κ1) is 13.7. The van der Waals surface area contributed by atoms with E-state index in [0.29, 0.717) is 5.56 Å². The van der Waals surface area contributed by atoms with E-state index in [1.54, 1.807) is 0 Å². The number of nitriles is 1. The third-order valence-corrected chi connectivity index (χ3v) is 3.94. The van der Waals surface area contributed by atoms with Gasteiger partial charge in [-0.05, 0) is 49.9 Å². The Morgan fingerprint density at radius 1 is 1.29 bits per heavy atom. The molecule has 21 heavy (non-hydrogen) atoms. The topological polar surface area (TPSA) is 53.6 Å². The highest BCUT2D eigenvalue weighted by molar-refractivity contribution is 5.55. The van der Waals surface area contributed by atoms with E-state index in [9.17, 15) is 0 Å². The summed E-state index contributed by atoms with van der Waals surface area (Å²) in [7, 11) is 0. The molecule has 1 aliphatic rings. The van der Waals surface area contributed by atoms with Crippen molar-refractivity contribution in [3.8, 4) is 11.8 Å². The molecule has 1 N–H and O–H groups in total. The monoisotopic (exact) mass is 280 g/mol. The molecule has 2 aromatic rings. The molecule has 0 aliphatic carbocycles. The summed E-state index contributed by atoms with van der Waals surface area (Å²) in [5.41, 5.74) is 4.28. The zero-order valence-electron chi connectivity index (χ0n) is 12.4. The van der Waals surface area contributed by atoms with Crippen molar-refractivity contribution in [3.63, 3.8) is 0 Å². The molecule has 1 aromatic heterocycles. The first-order valence-corrected chi connectivity index (χ1v) is 7.68. The average Bonchev–Trinajstić information content (AvgIpc) is 2.71. The van der Waals surface area contributed by atoms with Crippen molar-refractivity contribution in [1.29, 1.82) is 5.26 Å². The molecule has 2 heterocycles. The minimum absolute atomic E-state index is 0.679. The number of hydrogen-bond acceptors (Lipinski definition) is 3. The van der Waals surface area contributed by atoms with Crippen molar-refractivity contribution in [3.05, 3.63) is 41.1 Å². The fourth-order valence-electron chi connectivity index (χ4n) is 2.88. The number of hydrogen-bond donors (Lipinski definition) is 1. The summed E-state index contributed by atoms with van der Waals surface area (Å²) in [5, 5.41) is 17.3. The van der Waals surface area contributed by atoms with Crippen molar-refractivity contribution in [1.82, 2.24) is 9.78 Å². The molecule has 0 unspecified atom stereocenters. The van der Waals surface area contributed by atoms with Crippen molar-refractivity contribution in [2.75, 3.05) is 11.9 Å². The third-order valence-electron chi connectivity index (χ3n) is 3.94. The molecular formula is C17H20N4. The van der Waals surface area contributed by atoms with Crippen LogP contribution in [0.15, 0.2) is 24.3 Å². The zero-order valence-corrected chi connectivity index (χ0v) is 12.4. The van der Waals surface area contributed by atoms with Crippen LogP contribution in [-0.4, -0.2) is 16.3 Å². The van der Waals surface area contributed by atoms with Gasteiger partial charge in [0.25, 0.3) is 0 Å². The highest BCUT2D eigenvalue weighted by atomic mass is 15.3. The van der Waals surface area contributed by atoms with Crippen LogP contribution in [0.5, 0.6) is 0 Å². The smallest absolute Gasteiger partial charge is 0.133 e. The van der Waals surface area contributed by atoms with E-state index in [1.165, 1.54) is 24.1 Å². The van der Waals surface area contributed by atoms with Gasteiger partial charge in [-0.3, -0.25) is 0 Å². The van der Waals surface area contributed by atoms with Gasteiger partial charge in [0.2, 0.25) is 0 Å². The second-order valence-electron chi connectivity index (χ2n) is 5.48. The summed E-state index contributed by atoms with van der Waals surface area (Å²) in [5.74, 6) is 1.14. The number of aryl methyl sites for hydroxylation is 1. The fourth-order valence-corrected chi connectivity index (χ4v) is 2.88. The molecule has 0 atom stereocenters. The van der Waals surface area contributed by atoms with E-state index in [1.807, 2.05) is 28.9 Å². The van der Waals surface area contributed by atoms with Crippen LogP contribution in [0.2, 0.25) is 0 Å². The van der Waals surface area contributed by atoms with Crippen LogP contribution in [0.3, 0.4) is 0 Å². The molecule has 0 radical (unpaired) electrons. The predicted octanol–water partition coefficient (Wildman–Crippen LogP) is 3.44. The number of anilines is 1. The second-order valence-corrected chi connectivity index (χ2v) is 5.48. The maximum Gasteiger partial charge on any atom is 0.133 e. The van der Waals surface area contributed by atoms with Gasteiger partial charge in [-0.25, -0.2) is 4.68 Å². The molecule has 4 heteroatoms. The fraction of sp³-hybridized carbons (Fsp3) is 0.412. The standard InChI is InChI=1S/C17H20N4/c1-2-5-16-15-6-3-4-11-19-17(15)21(20-16)14-9-7-13(12-18)8-10-14/h7-10,19H,2-6,11H2,1H3. The molecule has 1 aliphatic heterocycles. The number of rotatable bonds is 3. The molecule has 0 saturated carbocycles. The second kappa shape index (κ2) is 6.01. The van der Waals surface area contributed by atoms with Crippen LogP contribution in [-0.2, 0) is 12.8 Å². The summed E-state index contributed by atoms with van der Waals surface area (Å²) >= 11 is 0. The van der Waals surface area contributed by atoms with Crippen LogP contribution in [0.25, 0.3) is 5.69 Å². The molecule has 0 spiro atoms. The Bertz CT molecular complexity index is 661. The lowest BCUT2D eigenvalue weighted by molar-refractivity contribution is 0.753. The van der Waals surface area contributed by atoms with E-state index in [-0.39, 0.29) is 0 Å². The molecule has 3 rings (SSSR count). The Morgan fingerprint density at radius 2 is 2.10 bits per heavy atom. The minimum Gasteiger partial charge on any atom is -0.370 e. The van der Waals surface area contributed by atoms with Crippen LogP contribution >= 0.6 is 0 Å². The number of benzene rings is 1. The number of nitrogens with one attached hydrogen (secondary N) is 1. The first-order chi connectivity index (χ1) is 10.3. The SMILES string of the molecule is CCCc1nn(-c2ccc(C#N)cc2)c2c1CCCCN2. The number of aromatic nitrogens is 2. The molecule has 0 saturated heterocycles. The van der Waals surface area contributed by atoms with E-state index in [4.69, 9.17) is 10.4 Å². The molecule has 108 valence electrons. The first-order valence-electron chi connectivity index (χ1n) is 7.68. The van der Waals surface area contributed by atoms with Gasteiger partial charge in [-0.2, -0.15) is 10.4 Å². The van der Waals surface area contributed by atoms with Crippen molar-refractivity contribution in [2.24, 2.45) is 0 Å². The van der Waals surface area contributed by atoms with E-state index < -0.39 is 0 Å². The Hall–Kier alpha value is -2.28. The minimum atomic E-state index is 0.679. The van der Waals surface area contributed by atoms with Gasteiger partial charge in [-0.1, -0.05) is 13.3 Å². The summed E-state index contributed by atoms with van der Waals surface area (Å²) in [4.78, 5) is 0. The van der Waals surface area contributed by atoms with Gasteiger partial charge >= 0.3 is 0 Å². The van der Waals surface area contributed by atoms with Gasteiger partial charge in [0.05, 0.1) is 23.0 Å². The largest absolute Gasteiger partial charge is 0.370 e. The third kappa shape index (κ3) is 2.64. The number of nitrogens with zero attached hydrogens (tertiary/aromatic N) is 3. The highest BCUT2D eigenvalue weighted by Gasteiger charge is 2.19. The lowest BCUT2D eigenvalue weighted by Crippen LogP contribution is -2.07. The predicted molar refractivity (Wildman–Crippen MR) is 83.7 cm³/mol. The summed E-state index contributed by atoms with van der Waals surface area (Å²) in [6, 6.07) is 9.78. The van der Waals surface area contributed by atoms with Gasteiger partial charge in [-0.15, -0.1) is 0 Å². The normalized spacial score (nSPS) is 13.9. The molecule has 0 bridgehead atoms.